The van der Waals surface area contributed by atoms with Crippen LogP contribution in [0.15, 0.2) is 11.6 Å². The molecule has 0 aromatic carbocycles. The van der Waals surface area contributed by atoms with Crippen molar-refractivity contribution in [3.05, 3.63) is 21.8 Å². The SMILES string of the molecule is CC(C)=CCC[N+](=O)[O-]. The van der Waals surface area contributed by atoms with Crippen LogP contribution >= 0.6 is 0 Å². The van der Waals surface area contributed by atoms with Crippen molar-refractivity contribution in [2.45, 2.75) is 20.3 Å². The van der Waals surface area contributed by atoms with Crippen LogP contribution in [0.1, 0.15) is 20.3 Å². The van der Waals surface area contributed by atoms with Crippen LogP contribution in [-0.2, 0) is 0 Å². The van der Waals surface area contributed by atoms with Crippen molar-refractivity contribution in [1.82, 2.24) is 0 Å². The maximum absolute atomic E-state index is 9.76. The fourth-order valence-corrected chi connectivity index (χ4v) is 0.459. The van der Waals surface area contributed by atoms with Crippen LogP contribution in [0.3, 0.4) is 0 Å². The van der Waals surface area contributed by atoms with Gasteiger partial charge in [0, 0.05) is 11.3 Å². The van der Waals surface area contributed by atoms with E-state index in [-0.39, 0.29) is 11.5 Å². The van der Waals surface area contributed by atoms with Crippen molar-refractivity contribution in [2.75, 3.05) is 6.54 Å². The van der Waals surface area contributed by atoms with E-state index in [0.29, 0.717) is 6.42 Å². The van der Waals surface area contributed by atoms with E-state index in [4.69, 9.17) is 0 Å². The van der Waals surface area contributed by atoms with Crippen molar-refractivity contribution in [3.8, 4) is 0 Å². The Balaban J connectivity index is 3.31. The van der Waals surface area contributed by atoms with Crippen molar-refractivity contribution in [2.24, 2.45) is 0 Å². The molecule has 0 saturated carbocycles. The molecule has 0 fully saturated rings. The topological polar surface area (TPSA) is 43.1 Å². The standard InChI is InChI=1S/C6H11NO2/c1-6(2)4-3-5-7(8)9/h4H,3,5H2,1-2H3. The Morgan fingerprint density at radius 1 is 1.67 bits per heavy atom. The van der Waals surface area contributed by atoms with E-state index in [9.17, 15) is 10.1 Å². The molecule has 0 aromatic rings. The van der Waals surface area contributed by atoms with Gasteiger partial charge in [0.05, 0.1) is 0 Å². The number of rotatable bonds is 3. The predicted molar refractivity (Wildman–Crippen MR) is 35.9 cm³/mol. The molecule has 0 atom stereocenters. The summed E-state index contributed by atoms with van der Waals surface area (Å²) in [5.74, 6) is 0. The van der Waals surface area contributed by atoms with Crippen molar-refractivity contribution in [1.29, 1.82) is 0 Å². The molecule has 0 aliphatic heterocycles. The van der Waals surface area contributed by atoms with Gasteiger partial charge in [-0.3, -0.25) is 10.1 Å². The Bertz CT molecular complexity index is 125. The van der Waals surface area contributed by atoms with Crippen LogP contribution < -0.4 is 0 Å². The van der Waals surface area contributed by atoms with Crippen LogP contribution in [0.5, 0.6) is 0 Å². The molecule has 9 heavy (non-hydrogen) atoms. The van der Waals surface area contributed by atoms with Crippen LogP contribution in [0.2, 0.25) is 0 Å². The summed E-state index contributed by atoms with van der Waals surface area (Å²) < 4.78 is 0. The van der Waals surface area contributed by atoms with E-state index in [0.717, 1.165) is 5.57 Å². The number of hydrogen-bond donors (Lipinski definition) is 0. The molecule has 52 valence electrons. The van der Waals surface area contributed by atoms with Crippen LogP contribution in [0.4, 0.5) is 0 Å². The molecule has 0 rings (SSSR count). The Hall–Kier alpha value is -0.860. The third-order valence-electron chi connectivity index (χ3n) is 0.864. The Morgan fingerprint density at radius 2 is 2.22 bits per heavy atom. The highest BCUT2D eigenvalue weighted by atomic mass is 16.6. The molecule has 0 heterocycles. The van der Waals surface area contributed by atoms with Gasteiger partial charge >= 0.3 is 0 Å². The van der Waals surface area contributed by atoms with Crippen molar-refractivity contribution >= 4 is 0 Å². The number of nitrogens with zero attached hydrogens (tertiary/aromatic N) is 1. The molecule has 0 spiro atoms. The number of allylic oxidation sites excluding steroid dienone is 1. The van der Waals surface area contributed by atoms with Gasteiger partial charge in [0.25, 0.3) is 0 Å². The minimum Gasteiger partial charge on any atom is -0.265 e. The zero-order valence-corrected chi connectivity index (χ0v) is 5.76. The van der Waals surface area contributed by atoms with Gasteiger partial charge in [0.2, 0.25) is 6.54 Å². The molecule has 3 heteroatoms. The molecule has 0 aliphatic rings. The smallest absolute Gasteiger partial charge is 0.207 e. The molecular formula is C6H11NO2. The monoisotopic (exact) mass is 129 g/mol. The van der Waals surface area contributed by atoms with Crippen molar-refractivity contribution in [3.63, 3.8) is 0 Å². The third kappa shape index (κ3) is 7.14. The average molecular weight is 129 g/mol. The summed E-state index contributed by atoms with van der Waals surface area (Å²) in [6.07, 6.45) is 2.41. The maximum Gasteiger partial charge on any atom is 0.207 e. The predicted octanol–water partition coefficient (Wildman–Crippen LogP) is 1.62. The summed E-state index contributed by atoms with van der Waals surface area (Å²) in [5.41, 5.74) is 1.14. The van der Waals surface area contributed by atoms with E-state index in [1.165, 1.54) is 0 Å². The van der Waals surface area contributed by atoms with E-state index >= 15 is 0 Å². The van der Waals surface area contributed by atoms with Gasteiger partial charge in [-0.25, -0.2) is 0 Å². The Kier molecular flexibility index (Phi) is 3.67. The van der Waals surface area contributed by atoms with Gasteiger partial charge in [-0.1, -0.05) is 11.6 Å². The lowest BCUT2D eigenvalue weighted by molar-refractivity contribution is -0.478. The summed E-state index contributed by atoms with van der Waals surface area (Å²) >= 11 is 0. The maximum atomic E-state index is 9.76. The normalized spacial score (nSPS) is 8.67. The summed E-state index contributed by atoms with van der Waals surface area (Å²) in [7, 11) is 0. The molecule has 0 aromatic heterocycles. The summed E-state index contributed by atoms with van der Waals surface area (Å²) in [4.78, 5) is 9.45. The van der Waals surface area contributed by atoms with Crippen molar-refractivity contribution < 1.29 is 4.92 Å². The molecule has 0 bridgehead atoms. The first-order valence-corrected chi connectivity index (χ1v) is 2.88. The second-order valence-corrected chi connectivity index (χ2v) is 2.13. The van der Waals surface area contributed by atoms with Crippen LogP contribution in [0.25, 0.3) is 0 Å². The number of hydrogen-bond acceptors (Lipinski definition) is 2. The molecule has 3 nitrogen and oxygen atoms in total. The minimum atomic E-state index is -0.306. The lowest BCUT2D eigenvalue weighted by Crippen LogP contribution is -1.98. The van der Waals surface area contributed by atoms with Gasteiger partial charge < -0.3 is 0 Å². The minimum absolute atomic E-state index is 0.0468. The van der Waals surface area contributed by atoms with Gasteiger partial charge in [0.15, 0.2) is 0 Å². The molecule has 0 N–H and O–H groups in total. The highest BCUT2D eigenvalue weighted by Gasteiger charge is 1.90. The first-order chi connectivity index (χ1) is 4.13. The average Bonchev–Trinajstić information content (AvgIpc) is 1.63. The van der Waals surface area contributed by atoms with Crippen LogP contribution in [0, 0.1) is 10.1 Å². The fraction of sp³-hybridized carbons (Fsp3) is 0.667. The molecule has 0 amide bonds. The lowest BCUT2D eigenvalue weighted by Gasteiger charge is -1.87. The second kappa shape index (κ2) is 4.06. The zero-order valence-electron chi connectivity index (χ0n) is 5.76. The van der Waals surface area contributed by atoms with E-state index in [1.807, 2.05) is 19.9 Å². The van der Waals surface area contributed by atoms with Gasteiger partial charge in [0.1, 0.15) is 0 Å². The largest absolute Gasteiger partial charge is 0.265 e. The first-order valence-electron chi connectivity index (χ1n) is 2.88. The molecule has 0 radical (unpaired) electrons. The van der Waals surface area contributed by atoms with E-state index in [1.54, 1.807) is 0 Å². The summed E-state index contributed by atoms with van der Waals surface area (Å²) in [6.45, 7) is 3.91. The van der Waals surface area contributed by atoms with Gasteiger partial charge in [-0.2, -0.15) is 0 Å². The Morgan fingerprint density at radius 3 is 2.56 bits per heavy atom. The fourth-order valence-electron chi connectivity index (χ4n) is 0.459. The lowest BCUT2D eigenvalue weighted by atomic mass is 10.3. The molecule has 0 saturated heterocycles. The zero-order chi connectivity index (χ0) is 7.28. The Labute approximate surface area is 54.5 Å². The number of nitro groups is 1. The first kappa shape index (κ1) is 8.14. The highest BCUT2D eigenvalue weighted by Crippen LogP contribution is 1.91. The molecule has 0 aliphatic carbocycles. The van der Waals surface area contributed by atoms with E-state index in [2.05, 4.69) is 0 Å². The summed E-state index contributed by atoms with van der Waals surface area (Å²) in [6, 6.07) is 0. The molecule has 0 unspecified atom stereocenters. The van der Waals surface area contributed by atoms with E-state index < -0.39 is 0 Å². The molecular weight excluding hydrogens is 118 g/mol. The van der Waals surface area contributed by atoms with Crippen LogP contribution in [-0.4, -0.2) is 11.5 Å². The van der Waals surface area contributed by atoms with Gasteiger partial charge in [-0.05, 0) is 13.8 Å². The highest BCUT2D eigenvalue weighted by molar-refractivity contribution is 4.92. The quantitative estimate of drug-likeness (QED) is 0.330. The summed E-state index contributed by atoms with van der Waals surface area (Å²) in [5, 5.41) is 9.76. The third-order valence-corrected chi connectivity index (χ3v) is 0.864. The van der Waals surface area contributed by atoms with Gasteiger partial charge in [-0.15, -0.1) is 0 Å². The second-order valence-electron chi connectivity index (χ2n) is 2.13.